The summed E-state index contributed by atoms with van der Waals surface area (Å²) in [6, 6.07) is 5.47. The molecular weight excluding hydrogens is 216 g/mol. The first kappa shape index (κ1) is 11.4. The number of carbonyl (C=O) groups is 1. The lowest BCUT2D eigenvalue weighted by molar-refractivity contribution is 0.252. The summed E-state index contributed by atoms with van der Waals surface area (Å²) in [6.45, 7) is 2.79. The number of hydrogen-bond donors (Lipinski definition) is 3. The Labute approximate surface area is 99.6 Å². The largest absolute Gasteiger partial charge is 0.338 e. The molecule has 1 aromatic heterocycles. The Morgan fingerprint density at radius 3 is 3.18 bits per heavy atom. The molecule has 0 unspecified atom stereocenters. The molecule has 17 heavy (non-hydrogen) atoms. The van der Waals surface area contributed by atoms with Crippen LogP contribution in [0.5, 0.6) is 0 Å². The minimum absolute atomic E-state index is 0.169. The Morgan fingerprint density at radius 1 is 1.47 bits per heavy atom. The summed E-state index contributed by atoms with van der Waals surface area (Å²) in [5.74, 6) is 0. The second-order valence-corrected chi connectivity index (χ2v) is 3.91. The molecule has 0 fully saturated rings. The van der Waals surface area contributed by atoms with Gasteiger partial charge in [0, 0.05) is 17.6 Å². The first-order valence-corrected chi connectivity index (χ1v) is 5.77. The van der Waals surface area contributed by atoms with Crippen molar-refractivity contribution in [3.63, 3.8) is 0 Å². The number of carbonyl (C=O) groups excluding carboxylic acids is 1. The molecule has 1 aromatic carbocycles. The minimum Gasteiger partial charge on any atom is -0.338 e. The van der Waals surface area contributed by atoms with Crippen molar-refractivity contribution in [2.75, 3.05) is 11.9 Å². The van der Waals surface area contributed by atoms with Crippen molar-refractivity contribution in [3.8, 4) is 0 Å². The van der Waals surface area contributed by atoms with E-state index in [1.54, 1.807) is 6.20 Å². The van der Waals surface area contributed by atoms with Gasteiger partial charge in [0.05, 0.1) is 11.7 Å². The fraction of sp³-hybridized carbons (Fsp3) is 0.333. The molecule has 0 aliphatic heterocycles. The number of aromatic amines is 1. The van der Waals surface area contributed by atoms with Crippen LogP contribution in [0, 0.1) is 0 Å². The number of anilines is 1. The Hall–Kier alpha value is -2.04. The van der Waals surface area contributed by atoms with E-state index < -0.39 is 0 Å². The van der Waals surface area contributed by atoms with Crippen LogP contribution >= 0.6 is 0 Å². The molecule has 2 aromatic rings. The van der Waals surface area contributed by atoms with Gasteiger partial charge in [-0.1, -0.05) is 13.3 Å². The van der Waals surface area contributed by atoms with Crippen molar-refractivity contribution in [1.29, 1.82) is 0 Å². The van der Waals surface area contributed by atoms with Crippen LogP contribution < -0.4 is 10.6 Å². The fourth-order valence-corrected chi connectivity index (χ4v) is 1.57. The number of amides is 2. The molecule has 2 amide bonds. The fourth-order valence-electron chi connectivity index (χ4n) is 1.57. The highest BCUT2D eigenvalue weighted by Gasteiger charge is 2.02. The number of nitrogens with one attached hydrogen (secondary N) is 3. The van der Waals surface area contributed by atoms with Crippen LogP contribution in [0.3, 0.4) is 0 Å². The number of aromatic nitrogens is 2. The predicted molar refractivity (Wildman–Crippen MR) is 68.0 cm³/mol. The second kappa shape index (κ2) is 5.34. The van der Waals surface area contributed by atoms with E-state index >= 15 is 0 Å². The highest BCUT2D eigenvalue weighted by molar-refractivity contribution is 5.92. The number of rotatable bonds is 4. The van der Waals surface area contributed by atoms with Gasteiger partial charge in [-0.05, 0) is 24.6 Å². The number of fused-ring (bicyclic) bond motifs is 1. The number of hydrogen-bond acceptors (Lipinski definition) is 2. The molecule has 2 rings (SSSR count). The van der Waals surface area contributed by atoms with Crippen LogP contribution in [0.2, 0.25) is 0 Å². The molecule has 0 spiro atoms. The zero-order valence-electron chi connectivity index (χ0n) is 9.79. The lowest BCUT2D eigenvalue weighted by atomic mass is 10.2. The average molecular weight is 232 g/mol. The number of urea groups is 1. The SMILES string of the molecule is CCCCNC(=O)Nc1ccc2cn[nH]c2c1. The summed E-state index contributed by atoms with van der Waals surface area (Å²) in [6.07, 6.45) is 3.81. The van der Waals surface area contributed by atoms with Crippen LogP contribution in [0.4, 0.5) is 10.5 Å². The highest BCUT2D eigenvalue weighted by Crippen LogP contribution is 2.16. The summed E-state index contributed by atoms with van der Waals surface area (Å²) >= 11 is 0. The molecule has 0 saturated heterocycles. The molecule has 0 atom stereocenters. The highest BCUT2D eigenvalue weighted by atomic mass is 16.2. The third-order valence-electron chi connectivity index (χ3n) is 2.52. The minimum atomic E-state index is -0.169. The van der Waals surface area contributed by atoms with Gasteiger partial charge in [0.25, 0.3) is 0 Å². The van der Waals surface area contributed by atoms with Gasteiger partial charge in [-0.3, -0.25) is 5.10 Å². The van der Waals surface area contributed by atoms with Gasteiger partial charge in [0.15, 0.2) is 0 Å². The Morgan fingerprint density at radius 2 is 2.35 bits per heavy atom. The van der Waals surface area contributed by atoms with Gasteiger partial charge in [0.2, 0.25) is 0 Å². The van der Waals surface area contributed by atoms with E-state index in [9.17, 15) is 4.79 Å². The van der Waals surface area contributed by atoms with Crippen molar-refractivity contribution in [3.05, 3.63) is 24.4 Å². The van der Waals surface area contributed by atoms with E-state index in [4.69, 9.17) is 0 Å². The predicted octanol–water partition coefficient (Wildman–Crippen LogP) is 2.48. The number of H-pyrrole nitrogens is 1. The maximum absolute atomic E-state index is 11.5. The van der Waals surface area contributed by atoms with Crippen molar-refractivity contribution < 1.29 is 4.79 Å². The Kier molecular flexibility index (Phi) is 3.59. The summed E-state index contributed by atoms with van der Waals surface area (Å²) < 4.78 is 0. The Balaban J connectivity index is 1.95. The number of benzene rings is 1. The molecule has 0 bridgehead atoms. The first-order valence-electron chi connectivity index (χ1n) is 5.77. The van der Waals surface area contributed by atoms with Crippen LogP contribution in [-0.2, 0) is 0 Å². The third-order valence-corrected chi connectivity index (χ3v) is 2.52. The quantitative estimate of drug-likeness (QED) is 0.709. The molecule has 0 radical (unpaired) electrons. The molecule has 5 heteroatoms. The number of unbranched alkanes of at least 4 members (excludes halogenated alkanes) is 1. The summed E-state index contributed by atoms with van der Waals surface area (Å²) in [5, 5.41) is 13.4. The summed E-state index contributed by atoms with van der Waals surface area (Å²) in [7, 11) is 0. The van der Waals surface area contributed by atoms with Crippen molar-refractivity contribution in [2.45, 2.75) is 19.8 Å². The van der Waals surface area contributed by atoms with Crippen LogP contribution in [0.15, 0.2) is 24.4 Å². The standard InChI is InChI=1S/C12H16N4O/c1-2-3-6-13-12(17)15-10-5-4-9-8-14-16-11(9)7-10/h4-5,7-8H,2-3,6H2,1H3,(H,14,16)(H2,13,15,17). The summed E-state index contributed by atoms with van der Waals surface area (Å²) in [5.41, 5.74) is 1.67. The van der Waals surface area contributed by atoms with E-state index in [-0.39, 0.29) is 6.03 Å². The molecule has 0 aliphatic rings. The van der Waals surface area contributed by atoms with Gasteiger partial charge in [0.1, 0.15) is 0 Å². The van der Waals surface area contributed by atoms with Gasteiger partial charge < -0.3 is 10.6 Å². The van der Waals surface area contributed by atoms with Gasteiger partial charge in [-0.2, -0.15) is 5.10 Å². The van der Waals surface area contributed by atoms with Crippen molar-refractivity contribution in [1.82, 2.24) is 15.5 Å². The normalized spacial score (nSPS) is 10.4. The zero-order chi connectivity index (χ0) is 12.1. The number of nitrogens with zero attached hydrogens (tertiary/aromatic N) is 1. The van der Waals surface area contributed by atoms with Crippen LogP contribution in [-0.4, -0.2) is 22.8 Å². The molecule has 3 N–H and O–H groups in total. The topological polar surface area (TPSA) is 69.8 Å². The van der Waals surface area contributed by atoms with Crippen molar-refractivity contribution >= 4 is 22.6 Å². The molecule has 90 valence electrons. The molecule has 5 nitrogen and oxygen atoms in total. The lowest BCUT2D eigenvalue weighted by Crippen LogP contribution is -2.29. The lowest BCUT2D eigenvalue weighted by Gasteiger charge is -2.06. The monoisotopic (exact) mass is 232 g/mol. The third kappa shape index (κ3) is 2.96. The molecule has 1 heterocycles. The molecule has 0 saturated carbocycles. The van der Waals surface area contributed by atoms with Crippen LogP contribution in [0.1, 0.15) is 19.8 Å². The first-order chi connectivity index (χ1) is 8.29. The maximum Gasteiger partial charge on any atom is 0.319 e. The summed E-state index contributed by atoms with van der Waals surface area (Å²) in [4.78, 5) is 11.5. The van der Waals surface area contributed by atoms with E-state index in [0.717, 1.165) is 29.4 Å². The van der Waals surface area contributed by atoms with Gasteiger partial charge in [-0.25, -0.2) is 4.79 Å². The van der Waals surface area contributed by atoms with E-state index in [1.165, 1.54) is 0 Å². The Bertz CT molecular complexity index is 506. The molecular formula is C12H16N4O. The van der Waals surface area contributed by atoms with E-state index in [1.807, 2.05) is 18.2 Å². The smallest absolute Gasteiger partial charge is 0.319 e. The van der Waals surface area contributed by atoms with E-state index in [0.29, 0.717) is 6.54 Å². The van der Waals surface area contributed by atoms with Crippen molar-refractivity contribution in [2.24, 2.45) is 0 Å². The van der Waals surface area contributed by atoms with Gasteiger partial charge in [-0.15, -0.1) is 0 Å². The zero-order valence-corrected chi connectivity index (χ0v) is 9.79. The second-order valence-electron chi connectivity index (χ2n) is 3.91. The van der Waals surface area contributed by atoms with Gasteiger partial charge >= 0.3 is 6.03 Å². The average Bonchev–Trinajstić information content (AvgIpc) is 2.76. The molecule has 0 aliphatic carbocycles. The van der Waals surface area contributed by atoms with E-state index in [2.05, 4.69) is 27.8 Å². The maximum atomic E-state index is 11.5. The van der Waals surface area contributed by atoms with Crippen LogP contribution in [0.25, 0.3) is 10.9 Å².